The van der Waals surface area contributed by atoms with Crippen LogP contribution in [0, 0.1) is 0 Å². The van der Waals surface area contributed by atoms with Crippen molar-refractivity contribution in [2.75, 3.05) is 17.6 Å². The summed E-state index contributed by atoms with van der Waals surface area (Å²) >= 11 is 0. The Labute approximate surface area is 109 Å². The summed E-state index contributed by atoms with van der Waals surface area (Å²) in [7, 11) is -3.12. The van der Waals surface area contributed by atoms with Crippen molar-refractivity contribution in [2.45, 2.75) is 37.7 Å². The van der Waals surface area contributed by atoms with Crippen LogP contribution in [0.2, 0.25) is 0 Å². The van der Waals surface area contributed by atoms with Gasteiger partial charge in [0.2, 0.25) is 0 Å². The topological polar surface area (TPSA) is 66.4 Å². The normalized spacial score (nSPS) is 13.3. The van der Waals surface area contributed by atoms with Gasteiger partial charge in [0.05, 0.1) is 16.8 Å². The van der Waals surface area contributed by atoms with E-state index in [1.165, 1.54) is 0 Å². The van der Waals surface area contributed by atoms with E-state index in [1.807, 2.05) is 6.92 Å². The van der Waals surface area contributed by atoms with E-state index in [4.69, 9.17) is 0 Å². The van der Waals surface area contributed by atoms with Crippen molar-refractivity contribution in [3.63, 3.8) is 0 Å². The predicted molar refractivity (Wildman–Crippen MR) is 73.6 cm³/mol. The average molecular weight is 271 g/mol. The van der Waals surface area contributed by atoms with Crippen molar-refractivity contribution in [3.8, 4) is 0 Å². The molecule has 0 saturated heterocycles. The molecule has 1 unspecified atom stereocenters. The van der Waals surface area contributed by atoms with Crippen molar-refractivity contribution >= 4 is 15.5 Å². The summed E-state index contributed by atoms with van der Waals surface area (Å²) in [6, 6.07) is 6.72. The number of sulfone groups is 1. The molecular weight excluding hydrogens is 250 g/mol. The van der Waals surface area contributed by atoms with Crippen LogP contribution in [0.1, 0.15) is 26.7 Å². The first-order chi connectivity index (χ1) is 8.49. The summed E-state index contributed by atoms with van der Waals surface area (Å²) in [6.07, 6.45) is 1.15. The summed E-state index contributed by atoms with van der Waals surface area (Å²) in [4.78, 5) is 0.351. The fourth-order valence-electron chi connectivity index (χ4n) is 1.53. The standard InChI is InChI=1S/C13H21NO3S/c1-3-12(15)9-10-14-11-5-7-13(8-6-11)18(16,17)4-2/h5-8,12,14-15H,3-4,9-10H2,1-2H3. The van der Waals surface area contributed by atoms with Gasteiger partial charge < -0.3 is 10.4 Å². The number of hydrogen-bond donors (Lipinski definition) is 2. The number of hydrogen-bond acceptors (Lipinski definition) is 4. The van der Waals surface area contributed by atoms with E-state index in [-0.39, 0.29) is 11.9 Å². The molecular formula is C13H21NO3S. The molecule has 0 aliphatic carbocycles. The molecule has 2 N–H and O–H groups in total. The molecule has 18 heavy (non-hydrogen) atoms. The highest BCUT2D eigenvalue weighted by Gasteiger charge is 2.10. The highest BCUT2D eigenvalue weighted by Crippen LogP contribution is 2.15. The maximum absolute atomic E-state index is 11.6. The molecule has 0 saturated carbocycles. The third-order valence-electron chi connectivity index (χ3n) is 2.87. The first-order valence-electron chi connectivity index (χ1n) is 6.24. The molecule has 0 fully saturated rings. The Bertz CT molecular complexity index is 454. The lowest BCUT2D eigenvalue weighted by Gasteiger charge is -2.10. The number of rotatable bonds is 7. The third kappa shape index (κ3) is 4.31. The van der Waals surface area contributed by atoms with Crippen molar-refractivity contribution in [3.05, 3.63) is 24.3 Å². The minimum Gasteiger partial charge on any atom is -0.393 e. The molecule has 0 heterocycles. The van der Waals surface area contributed by atoms with Gasteiger partial charge in [-0.1, -0.05) is 13.8 Å². The molecule has 1 atom stereocenters. The van der Waals surface area contributed by atoms with Crippen molar-refractivity contribution in [2.24, 2.45) is 0 Å². The number of anilines is 1. The average Bonchev–Trinajstić information content (AvgIpc) is 2.39. The Morgan fingerprint density at radius 3 is 2.33 bits per heavy atom. The summed E-state index contributed by atoms with van der Waals surface area (Å²) in [6.45, 7) is 4.25. The molecule has 0 aliphatic rings. The van der Waals surface area contributed by atoms with Gasteiger partial charge in [-0.15, -0.1) is 0 Å². The number of nitrogens with one attached hydrogen (secondary N) is 1. The molecule has 0 aliphatic heterocycles. The van der Waals surface area contributed by atoms with Crippen LogP contribution in [0.4, 0.5) is 5.69 Å². The number of aliphatic hydroxyl groups is 1. The van der Waals surface area contributed by atoms with Crippen LogP contribution in [0.5, 0.6) is 0 Å². The first-order valence-corrected chi connectivity index (χ1v) is 7.89. The zero-order valence-electron chi connectivity index (χ0n) is 10.9. The maximum Gasteiger partial charge on any atom is 0.178 e. The lowest BCUT2D eigenvalue weighted by atomic mass is 10.2. The summed E-state index contributed by atoms with van der Waals surface area (Å²) in [5, 5.41) is 12.6. The van der Waals surface area contributed by atoms with Crippen molar-refractivity contribution in [1.82, 2.24) is 0 Å². The second-order valence-electron chi connectivity index (χ2n) is 4.21. The van der Waals surface area contributed by atoms with Crippen LogP contribution in [0.25, 0.3) is 0 Å². The maximum atomic E-state index is 11.6. The van der Waals surface area contributed by atoms with E-state index in [0.717, 1.165) is 12.1 Å². The summed E-state index contributed by atoms with van der Waals surface area (Å²) < 4.78 is 23.2. The molecule has 0 radical (unpaired) electrons. The molecule has 5 heteroatoms. The lowest BCUT2D eigenvalue weighted by Crippen LogP contribution is -2.12. The van der Waals surface area contributed by atoms with Crippen LogP contribution >= 0.6 is 0 Å². The van der Waals surface area contributed by atoms with Crippen molar-refractivity contribution < 1.29 is 13.5 Å². The van der Waals surface area contributed by atoms with Gasteiger partial charge in [-0.25, -0.2) is 8.42 Å². The molecule has 1 aromatic carbocycles. The predicted octanol–water partition coefficient (Wildman–Crippen LogP) is 2.05. The highest BCUT2D eigenvalue weighted by atomic mass is 32.2. The van der Waals surface area contributed by atoms with Crippen molar-refractivity contribution in [1.29, 1.82) is 0 Å². The number of aliphatic hydroxyl groups excluding tert-OH is 1. The smallest absolute Gasteiger partial charge is 0.178 e. The van der Waals surface area contributed by atoms with Gasteiger partial charge in [0.1, 0.15) is 0 Å². The Balaban J connectivity index is 2.56. The zero-order chi connectivity index (χ0) is 13.6. The molecule has 0 aromatic heterocycles. The third-order valence-corrected chi connectivity index (χ3v) is 4.62. The van der Waals surface area contributed by atoms with Crippen LogP contribution in [0.15, 0.2) is 29.2 Å². The summed E-state index contributed by atoms with van der Waals surface area (Å²) in [5.41, 5.74) is 0.869. The van der Waals surface area contributed by atoms with E-state index in [0.29, 0.717) is 17.9 Å². The Morgan fingerprint density at radius 2 is 1.83 bits per heavy atom. The Hall–Kier alpha value is -1.07. The van der Waals surface area contributed by atoms with E-state index >= 15 is 0 Å². The lowest BCUT2D eigenvalue weighted by molar-refractivity contribution is 0.164. The fourth-order valence-corrected chi connectivity index (χ4v) is 2.42. The molecule has 102 valence electrons. The van der Waals surface area contributed by atoms with Gasteiger partial charge in [0.15, 0.2) is 9.84 Å². The van der Waals surface area contributed by atoms with E-state index in [1.54, 1.807) is 31.2 Å². The van der Waals surface area contributed by atoms with E-state index < -0.39 is 9.84 Å². The fraction of sp³-hybridized carbons (Fsp3) is 0.538. The van der Waals surface area contributed by atoms with Crippen LogP contribution in [-0.2, 0) is 9.84 Å². The summed E-state index contributed by atoms with van der Waals surface area (Å²) in [5.74, 6) is 0.114. The monoisotopic (exact) mass is 271 g/mol. The molecule has 1 aromatic rings. The van der Waals surface area contributed by atoms with E-state index in [2.05, 4.69) is 5.32 Å². The SMILES string of the molecule is CCC(O)CCNc1ccc(S(=O)(=O)CC)cc1. The molecule has 0 amide bonds. The quantitative estimate of drug-likeness (QED) is 0.796. The van der Waals surface area contributed by atoms with Gasteiger partial charge in [0, 0.05) is 12.2 Å². The Morgan fingerprint density at radius 1 is 1.22 bits per heavy atom. The second-order valence-corrected chi connectivity index (χ2v) is 6.48. The van der Waals surface area contributed by atoms with Crippen LogP contribution in [-0.4, -0.2) is 31.9 Å². The highest BCUT2D eigenvalue weighted by molar-refractivity contribution is 7.91. The number of benzene rings is 1. The van der Waals surface area contributed by atoms with Gasteiger partial charge in [0.25, 0.3) is 0 Å². The van der Waals surface area contributed by atoms with Crippen LogP contribution < -0.4 is 5.32 Å². The zero-order valence-corrected chi connectivity index (χ0v) is 11.7. The molecule has 4 nitrogen and oxygen atoms in total. The van der Waals surface area contributed by atoms with Gasteiger partial charge >= 0.3 is 0 Å². The molecule has 0 spiro atoms. The largest absolute Gasteiger partial charge is 0.393 e. The Kier molecular flexibility index (Phi) is 5.62. The minimum absolute atomic E-state index is 0.114. The van der Waals surface area contributed by atoms with Gasteiger partial charge in [-0.3, -0.25) is 0 Å². The van der Waals surface area contributed by atoms with Crippen LogP contribution in [0.3, 0.4) is 0 Å². The minimum atomic E-state index is -3.12. The molecule has 1 rings (SSSR count). The van der Waals surface area contributed by atoms with Gasteiger partial charge in [-0.05, 0) is 37.1 Å². The second kappa shape index (κ2) is 6.75. The first kappa shape index (κ1) is 15.0. The molecule has 0 bridgehead atoms. The van der Waals surface area contributed by atoms with Gasteiger partial charge in [-0.2, -0.15) is 0 Å². The van der Waals surface area contributed by atoms with E-state index in [9.17, 15) is 13.5 Å².